The van der Waals surface area contributed by atoms with Crippen LogP contribution in [0.4, 0.5) is 0 Å². The molecule has 0 amide bonds. The molecule has 0 aliphatic heterocycles. The summed E-state index contributed by atoms with van der Waals surface area (Å²) in [5.41, 5.74) is 6.94. The van der Waals surface area contributed by atoms with Gasteiger partial charge in [0.1, 0.15) is 0 Å². The molecule has 1 aliphatic rings. The van der Waals surface area contributed by atoms with Crippen molar-refractivity contribution in [1.29, 1.82) is 0 Å². The van der Waals surface area contributed by atoms with Gasteiger partial charge in [0.15, 0.2) is 0 Å². The molecular formula is C12H21N. The molecule has 74 valence electrons. The Hall–Kier alpha value is -0.720. The van der Waals surface area contributed by atoms with E-state index in [0.29, 0.717) is 17.8 Å². The van der Waals surface area contributed by atoms with Gasteiger partial charge in [0.05, 0.1) is 0 Å². The smallest absolute Gasteiger partial charge is 0.0115 e. The summed E-state index contributed by atoms with van der Waals surface area (Å²) in [4.78, 5) is 0. The topological polar surface area (TPSA) is 26.0 Å². The lowest BCUT2D eigenvalue weighted by Crippen LogP contribution is -2.27. The maximum atomic E-state index is 5.92. The molecule has 0 aromatic carbocycles. The average molecular weight is 179 g/mol. The van der Waals surface area contributed by atoms with Crippen LogP contribution in [0.5, 0.6) is 0 Å². The Bertz CT molecular complexity index is 225. The van der Waals surface area contributed by atoms with Gasteiger partial charge >= 0.3 is 0 Å². The molecule has 13 heavy (non-hydrogen) atoms. The summed E-state index contributed by atoms with van der Waals surface area (Å²) in [5, 5.41) is 0. The molecule has 0 radical (unpaired) electrons. The third-order valence-electron chi connectivity index (χ3n) is 3.38. The van der Waals surface area contributed by atoms with Gasteiger partial charge in [0.2, 0.25) is 0 Å². The Morgan fingerprint density at radius 2 is 1.92 bits per heavy atom. The first-order valence-electron chi connectivity index (χ1n) is 5.18. The van der Waals surface area contributed by atoms with Gasteiger partial charge in [-0.15, -0.1) is 0 Å². The lowest BCUT2D eigenvalue weighted by molar-refractivity contribution is 0.270. The van der Waals surface area contributed by atoms with Crippen LogP contribution in [0.1, 0.15) is 27.7 Å². The van der Waals surface area contributed by atoms with E-state index in [9.17, 15) is 0 Å². The molecule has 1 aliphatic carbocycles. The number of allylic oxidation sites excluding steroid dienone is 4. The molecule has 0 heterocycles. The van der Waals surface area contributed by atoms with Gasteiger partial charge in [-0.05, 0) is 23.8 Å². The largest absolute Gasteiger partial charge is 0.402 e. The van der Waals surface area contributed by atoms with Crippen LogP contribution in [0.15, 0.2) is 23.9 Å². The molecule has 2 N–H and O–H groups in total. The van der Waals surface area contributed by atoms with Crippen LogP contribution in [0, 0.1) is 23.7 Å². The highest BCUT2D eigenvalue weighted by molar-refractivity contribution is 5.20. The van der Waals surface area contributed by atoms with Crippen molar-refractivity contribution in [1.82, 2.24) is 0 Å². The molecule has 1 rings (SSSR count). The van der Waals surface area contributed by atoms with Gasteiger partial charge in [-0.1, -0.05) is 39.8 Å². The Morgan fingerprint density at radius 3 is 2.46 bits per heavy atom. The highest BCUT2D eigenvalue weighted by atomic mass is 14.6. The summed E-state index contributed by atoms with van der Waals surface area (Å²) in [6.07, 6.45) is 6.42. The first-order valence-corrected chi connectivity index (χ1v) is 5.18. The molecule has 0 saturated heterocycles. The van der Waals surface area contributed by atoms with Crippen LogP contribution < -0.4 is 5.73 Å². The third-order valence-corrected chi connectivity index (χ3v) is 3.38. The second kappa shape index (κ2) is 3.99. The summed E-state index contributed by atoms with van der Waals surface area (Å²) >= 11 is 0. The van der Waals surface area contributed by atoms with E-state index in [0.717, 1.165) is 11.6 Å². The second-order valence-corrected chi connectivity index (χ2v) is 4.52. The molecule has 0 spiro atoms. The SMILES string of the molecule is CC(C)C(C)C1C=CC=C(N)C1C. The Labute approximate surface area is 81.7 Å². The summed E-state index contributed by atoms with van der Waals surface area (Å²) in [5.74, 6) is 2.55. The van der Waals surface area contributed by atoms with Crippen molar-refractivity contribution in [2.45, 2.75) is 27.7 Å². The van der Waals surface area contributed by atoms with Crippen LogP contribution in [0.25, 0.3) is 0 Å². The normalized spacial score (nSPS) is 30.4. The molecule has 0 aromatic heterocycles. The maximum Gasteiger partial charge on any atom is 0.0115 e. The lowest BCUT2D eigenvalue weighted by Gasteiger charge is -2.31. The quantitative estimate of drug-likeness (QED) is 0.693. The summed E-state index contributed by atoms with van der Waals surface area (Å²) < 4.78 is 0. The van der Waals surface area contributed by atoms with Crippen molar-refractivity contribution in [3.8, 4) is 0 Å². The van der Waals surface area contributed by atoms with Gasteiger partial charge in [-0.2, -0.15) is 0 Å². The van der Waals surface area contributed by atoms with Crippen molar-refractivity contribution in [3.63, 3.8) is 0 Å². The van der Waals surface area contributed by atoms with E-state index in [1.165, 1.54) is 0 Å². The van der Waals surface area contributed by atoms with Crippen molar-refractivity contribution < 1.29 is 0 Å². The number of rotatable bonds is 2. The van der Waals surface area contributed by atoms with Crippen LogP contribution in [-0.2, 0) is 0 Å². The third kappa shape index (κ3) is 2.15. The molecule has 1 heteroatoms. The van der Waals surface area contributed by atoms with E-state index in [-0.39, 0.29) is 0 Å². The summed E-state index contributed by atoms with van der Waals surface area (Å²) in [6, 6.07) is 0. The predicted octanol–water partition coefficient (Wildman–Crippen LogP) is 2.94. The average Bonchev–Trinajstić information content (AvgIpc) is 2.08. The molecule has 1 nitrogen and oxygen atoms in total. The van der Waals surface area contributed by atoms with Gasteiger partial charge in [-0.25, -0.2) is 0 Å². The van der Waals surface area contributed by atoms with E-state index in [4.69, 9.17) is 5.73 Å². The van der Waals surface area contributed by atoms with Crippen LogP contribution in [0.3, 0.4) is 0 Å². The van der Waals surface area contributed by atoms with Crippen molar-refractivity contribution in [2.24, 2.45) is 29.4 Å². The van der Waals surface area contributed by atoms with E-state index in [1.54, 1.807) is 0 Å². The van der Waals surface area contributed by atoms with Crippen molar-refractivity contribution >= 4 is 0 Å². The van der Waals surface area contributed by atoms with E-state index < -0.39 is 0 Å². The Balaban J connectivity index is 2.73. The minimum absolute atomic E-state index is 0.502. The fourth-order valence-corrected chi connectivity index (χ4v) is 1.91. The molecule has 3 atom stereocenters. The highest BCUT2D eigenvalue weighted by Crippen LogP contribution is 2.32. The van der Waals surface area contributed by atoms with Crippen molar-refractivity contribution in [3.05, 3.63) is 23.9 Å². The van der Waals surface area contributed by atoms with Crippen LogP contribution in [-0.4, -0.2) is 0 Å². The van der Waals surface area contributed by atoms with Gasteiger partial charge in [0.25, 0.3) is 0 Å². The highest BCUT2D eigenvalue weighted by Gasteiger charge is 2.26. The summed E-state index contributed by atoms with van der Waals surface area (Å²) in [6.45, 7) is 9.09. The zero-order valence-corrected chi connectivity index (χ0v) is 9.12. The summed E-state index contributed by atoms with van der Waals surface area (Å²) in [7, 11) is 0. The van der Waals surface area contributed by atoms with E-state index in [2.05, 4.69) is 39.8 Å². The van der Waals surface area contributed by atoms with Gasteiger partial charge in [0, 0.05) is 11.6 Å². The second-order valence-electron chi connectivity index (χ2n) is 4.52. The monoisotopic (exact) mass is 179 g/mol. The van der Waals surface area contributed by atoms with Gasteiger partial charge in [-0.3, -0.25) is 0 Å². The number of hydrogen-bond donors (Lipinski definition) is 1. The first kappa shape index (κ1) is 10.4. The molecule has 0 saturated carbocycles. The number of nitrogens with two attached hydrogens (primary N) is 1. The van der Waals surface area contributed by atoms with E-state index >= 15 is 0 Å². The fraction of sp³-hybridized carbons (Fsp3) is 0.667. The van der Waals surface area contributed by atoms with Crippen LogP contribution in [0.2, 0.25) is 0 Å². The predicted molar refractivity (Wildman–Crippen MR) is 58.1 cm³/mol. The molecular weight excluding hydrogens is 158 g/mol. The Kier molecular flexibility index (Phi) is 3.18. The standard InChI is InChI=1S/C12H21N/c1-8(2)9(3)11-6-5-7-12(13)10(11)4/h5-11H,13H2,1-4H3. The van der Waals surface area contributed by atoms with Crippen LogP contribution >= 0.6 is 0 Å². The Morgan fingerprint density at radius 1 is 1.31 bits per heavy atom. The maximum absolute atomic E-state index is 5.92. The fourth-order valence-electron chi connectivity index (χ4n) is 1.91. The molecule has 0 bridgehead atoms. The minimum Gasteiger partial charge on any atom is -0.402 e. The molecule has 3 unspecified atom stereocenters. The minimum atomic E-state index is 0.502. The zero-order valence-electron chi connectivity index (χ0n) is 9.12. The molecule has 0 aromatic rings. The first-order chi connectivity index (χ1) is 6.04. The number of hydrogen-bond acceptors (Lipinski definition) is 1. The molecule has 0 fully saturated rings. The van der Waals surface area contributed by atoms with Gasteiger partial charge < -0.3 is 5.73 Å². The zero-order chi connectivity index (χ0) is 10.0. The van der Waals surface area contributed by atoms with E-state index in [1.807, 2.05) is 6.08 Å². The van der Waals surface area contributed by atoms with Crippen molar-refractivity contribution in [2.75, 3.05) is 0 Å². The lowest BCUT2D eigenvalue weighted by atomic mass is 9.75.